The first-order valence-corrected chi connectivity index (χ1v) is 27.1. The van der Waals surface area contributed by atoms with Crippen LogP contribution in [0, 0.1) is 27.7 Å². The molecule has 8 aromatic rings. The summed E-state index contributed by atoms with van der Waals surface area (Å²) in [6.07, 6.45) is 0. The summed E-state index contributed by atoms with van der Waals surface area (Å²) < 4.78 is 124. The van der Waals surface area contributed by atoms with Gasteiger partial charge in [0.25, 0.3) is 20.2 Å². The predicted octanol–water partition coefficient (Wildman–Crippen LogP) is 12.3. The summed E-state index contributed by atoms with van der Waals surface area (Å²) in [7, 11) is -14.1. The Morgan fingerprint density at radius 3 is 1.51 bits per heavy atom. The number of aryl methyl sites for hydroxylation is 4. The summed E-state index contributed by atoms with van der Waals surface area (Å²) >= 11 is 0. The zero-order valence-corrected chi connectivity index (χ0v) is 44.6. The van der Waals surface area contributed by atoms with Gasteiger partial charge in [0.1, 0.15) is 26.9 Å². The highest BCUT2D eigenvalue weighted by Gasteiger charge is 2.21. The fraction of sp³-hybridized carbons (Fsp3) is 0.120. The quantitative estimate of drug-likeness (QED) is 0.0499. The third-order valence-electron chi connectivity index (χ3n) is 11.2. The lowest BCUT2D eigenvalue weighted by molar-refractivity contribution is 0.281. The molecule has 0 fully saturated rings. The number of methoxy groups -OCH3 is 1. The van der Waals surface area contributed by atoms with E-state index in [1.54, 1.807) is 62.6 Å². The molecule has 5 N–H and O–H groups in total. The Labute approximate surface area is 447 Å². The SMILES string of the molecule is COc1ccc(Nc2ccc3c(O)c(N=Nc4cc(C)c(N=Nc5ccc(N=Nc6ccc(N=Nc7cc8c(S(=O)(=O)O)cccc8cc7S(=O)(=O)O)c(C)c6)c(C)c5)cc4C)ccc3c2)c(CO)c1.O=S(=O)=O.O=S(=O)=O. The average molecular weight is 1140 g/mol. The lowest BCUT2D eigenvalue weighted by Crippen LogP contribution is -2.01. The molecule has 0 aliphatic carbocycles. The van der Waals surface area contributed by atoms with Crippen LogP contribution in [0.2, 0.25) is 0 Å². The van der Waals surface area contributed by atoms with Crippen molar-refractivity contribution in [3.05, 3.63) is 155 Å². The molecule has 78 heavy (non-hydrogen) atoms. The zero-order valence-electron chi connectivity index (χ0n) is 41.3. The number of phenols is 1. The summed E-state index contributed by atoms with van der Waals surface area (Å²) in [5.41, 5.74) is 8.37. The van der Waals surface area contributed by atoms with Crippen molar-refractivity contribution in [1.29, 1.82) is 0 Å². The first kappa shape index (κ1) is 58.4. The monoisotopic (exact) mass is 1140 g/mol. The van der Waals surface area contributed by atoms with Crippen molar-refractivity contribution < 1.29 is 66.1 Å². The molecule has 0 aromatic heterocycles. The summed E-state index contributed by atoms with van der Waals surface area (Å²) in [5.74, 6) is 0.635. The van der Waals surface area contributed by atoms with Crippen molar-refractivity contribution in [2.75, 3.05) is 12.4 Å². The van der Waals surface area contributed by atoms with E-state index >= 15 is 0 Å². The molecule has 0 amide bonds. The van der Waals surface area contributed by atoms with Gasteiger partial charge in [-0.2, -0.15) is 47.5 Å². The Bertz CT molecular complexity index is 4220. The number of aliphatic hydroxyl groups excluding tert-OH is 1. The van der Waals surface area contributed by atoms with Crippen molar-refractivity contribution in [2.45, 2.75) is 44.1 Å². The molecule has 0 spiro atoms. The molecule has 28 heteroatoms. The zero-order chi connectivity index (χ0) is 57.1. The van der Waals surface area contributed by atoms with E-state index in [-0.39, 0.29) is 28.8 Å². The standard InChI is InChI=1S/C50H43N9O9S2.2O3S/c1-28-19-37(11-16-41(28)54-52-36-12-17-42(29(2)20-36)55-59-47-26-40-32(25-49(47)70(65,66)67)7-6-8-48(40)69(62,63)64)53-57-45-21-31(4)46(22-30(45)3)58-56-44-15-9-33-23-35(10-14-39(33)50(44)61)51-43-18-13-38(68-5)24-34(43)27-60;2*1-4(2)3/h6-26,51,60-61H,27H2,1-5H3,(H,62,63,64)(H,65,66,67);;. The molecule has 8 rings (SSSR count). The number of nitrogens with one attached hydrogen (secondary N) is 1. The molecule has 24 nitrogen and oxygen atoms in total. The topological polar surface area (TPSA) is 372 Å². The lowest BCUT2D eigenvalue weighted by atomic mass is 10.1. The second-order valence-electron chi connectivity index (χ2n) is 16.5. The van der Waals surface area contributed by atoms with Gasteiger partial charge in [0, 0.05) is 27.7 Å². The minimum absolute atomic E-state index is 0.00849. The van der Waals surface area contributed by atoms with Crippen LogP contribution >= 0.6 is 0 Å². The van der Waals surface area contributed by atoms with E-state index in [2.05, 4.69) is 46.2 Å². The van der Waals surface area contributed by atoms with Crippen LogP contribution in [0.25, 0.3) is 21.5 Å². The molecule has 0 atom stereocenters. The number of rotatable bonds is 14. The Balaban J connectivity index is 0.00000115. The number of ether oxygens (including phenoxy) is 1. The average Bonchev–Trinajstić information content (AvgIpc) is 3.42. The third-order valence-corrected chi connectivity index (χ3v) is 13.0. The largest absolute Gasteiger partial charge is 0.505 e. The van der Waals surface area contributed by atoms with E-state index in [1.807, 2.05) is 69.3 Å². The number of azo groups is 4. The van der Waals surface area contributed by atoms with Crippen molar-refractivity contribution in [3.63, 3.8) is 0 Å². The number of hydrogen-bond acceptors (Lipinski definition) is 22. The second-order valence-corrected chi connectivity index (χ2v) is 20.1. The van der Waals surface area contributed by atoms with Crippen molar-refractivity contribution in [2.24, 2.45) is 40.9 Å². The van der Waals surface area contributed by atoms with Crippen molar-refractivity contribution in [1.82, 2.24) is 0 Å². The highest BCUT2D eigenvalue weighted by Crippen LogP contribution is 2.40. The molecule has 0 aliphatic rings. The Hall–Kier alpha value is -8.90. The fourth-order valence-corrected chi connectivity index (χ4v) is 8.75. The number of nitrogens with zero attached hydrogens (tertiary/aromatic N) is 8. The number of fused-ring (bicyclic) bond motifs is 2. The van der Waals surface area contributed by atoms with Gasteiger partial charge in [0.2, 0.25) is 0 Å². The van der Waals surface area contributed by atoms with Gasteiger partial charge in [0.15, 0.2) is 5.75 Å². The van der Waals surface area contributed by atoms with Gasteiger partial charge in [-0.15, -0.1) is 35.5 Å². The molecule has 0 saturated heterocycles. The van der Waals surface area contributed by atoms with Gasteiger partial charge < -0.3 is 20.3 Å². The number of aromatic hydroxyl groups is 1. The molecule has 0 aliphatic heterocycles. The van der Waals surface area contributed by atoms with E-state index < -0.39 is 51.2 Å². The molecule has 0 saturated carbocycles. The first-order chi connectivity index (χ1) is 36.8. The van der Waals surface area contributed by atoms with Crippen molar-refractivity contribution in [3.8, 4) is 11.5 Å². The van der Waals surface area contributed by atoms with Gasteiger partial charge in [-0.25, -0.2) is 0 Å². The van der Waals surface area contributed by atoms with E-state index in [0.29, 0.717) is 62.1 Å². The molecule has 0 radical (unpaired) electrons. The summed E-state index contributed by atoms with van der Waals surface area (Å²) in [5, 5.41) is 60.6. The van der Waals surface area contributed by atoms with Gasteiger partial charge in [0.05, 0.1) is 47.8 Å². The smallest absolute Gasteiger partial charge is 0.425 e. The van der Waals surface area contributed by atoms with E-state index in [0.717, 1.165) is 51.7 Å². The molecule has 402 valence electrons. The molecule has 8 aromatic carbocycles. The maximum absolute atomic E-state index is 12.2. The molecule has 0 bridgehead atoms. The Morgan fingerprint density at radius 1 is 0.487 bits per heavy atom. The van der Waals surface area contributed by atoms with Crippen LogP contribution in [-0.2, 0) is 48.1 Å². The van der Waals surface area contributed by atoms with Crippen LogP contribution in [0.1, 0.15) is 27.8 Å². The van der Waals surface area contributed by atoms with Crippen LogP contribution in [0.3, 0.4) is 0 Å². The van der Waals surface area contributed by atoms with Crippen LogP contribution in [0.15, 0.2) is 178 Å². The minimum Gasteiger partial charge on any atom is -0.505 e. The molecular weight excluding hydrogens is 1090 g/mol. The van der Waals surface area contributed by atoms with E-state index in [1.165, 1.54) is 12.1 Å². The van der Waals surface area contributed by atoms with Crippen molar-refractivity contribution >= 4 is 120 Å². The van der Waals surface area contributed by atoms with Crippen LogP contribution in [-0.4, -0.2) is 68.5 Å². The molecular formula is C50H43N9O15S4. The number of hydrogen-bond donors (Lipinski definition) is 5. The minimum atomic E-state index is -4.80. The predicted molar refractivity (Wildman–Crippen MR) is 286 cm³/mol. The number of phenolic OH excluding ortho intramolecular Hbond substituents is 1. The second kappa shape index (κ2) is 25.3. The Kier molecular flexibility index (Phi) is 18.9. The maximum Gasteiger partial charge on any atom is 0.425 e. The highest BCUT2D eigenvalue weighted by molar-refractivity contribution is 7.86. The molecule has 0 unspecified atom stereocenters. The summed E-state index contributed by atoms with van der Waals surface area (Å²) in [4.78, 5) is -1.06. The molecule has 0 heterocycles. The highest BCUT2D eigenvalue weighted by atomic mass is 32.2. The van der Waals surface area contributed by atoms with E-state index in [9.17, 15) is 36.2 Å². The normalized spacial score (nSPS) is 11.7. The summed E-state index contributed by atoms with van der Waals surface area (Å²) in [6.45, 7) is 7.21. The summed E-state index contributed by atoms with van der Waals surface area (Å²) in [6, 6.07) is 34.5. The van der Waals surface area contributed by atoms with Crippen LogP contribution < -0.4 is 10.1 Å². The van der Waals surface area contributed by atoms with Gasteiger partial charge in [-0.05, 0) is 170 Å². The maximum atomic E-state index is 12.2. The Morgan fingerprint density at radius 2 is 0.974 bits per heavy atom. The third kappa shape index (κ3) is 15.4. The number of aliphatic hydroxyl groups is 1. The van der Waals surface area contributed by atoms with Crippen LogP contribution in [0.4, 0.5) is 56.9 Å². The fourth-order valence-electron chi connectivity index (χ4n) is 7.41. The van der Waals surface area contributed by atoms with Gasteiger partial charge in [-0.3, -0.25) is 9.11 Å². The van der Waals surface area contributed by atoms with Crippen LogP contribution in [0.5, 0.6) is 11.5 Å². The van der Waals surface area contributed by atoms with Gasteiger partial charge >= 0.3 is 21.2 Å². The number of benzene rings is 8. The number of anilines is 2. The first-order valence-electron chi connectivity index (χ1n) is 22.2. The lowest BCUT2D eigenvalue weighted by Gasteiger charge is -2.13. The van der Waals surface area contributed by atoms with Gasteiger partial charge in [-0.1, -0.05) is 18.2 Å². The van der Waals surface area contributed by atoms with E-state index in [4.69, 9.17) is 30.0 Å².